The second-order valence-electron chi connectivity index (χ2n) is 5.69. The Balaban J connectivity index is 1.53. The van der Waals surface area contributed by atoms with Crippen LogP contribution >= 0.6 is 0 Å². The van der Waals surface area contributed by atoms with Crippen LogP contribution in [0.5, 0.6) is 5.75 Å². The lowest BCUT2D eigenvalue weighted by Gasteiger charge is -2.07. The van der Waals surface area contributed by atoms with Crippen molar-refractivity contribution in [1.82, 2.24) is 5.43 Å². The number of carbonyl (C=O) groups excluding carboxylic acids is 1. The molecule has 8 heteroatoms. The first kappa shape index (κ1) is 17.9. The van der Waals surface area contributed by atoms with Crippen molar-refractivity contribution in [2.75, 3.05) is 11.9 Å². The van der Waals surface area contributed by atoms with Gasteiger partial charge in [0.1, 0.15) is 0 Å². The number of nitrogens with zero attached hydrogens (tertiary/aromatic N) is 2. The van der Waals surface area contributed by atoms with Gasteiger partial charge in [-0.15, -0.1) is 0 Å². The first-order valence-corrected chi connectivity index (χ1v) is 8.03. The summed E-state index contributed by atoms with van der Waals surface area (Å²) in [6, 6.07) is 17.2. The van der Waals surface area contributed by atoms with Gasteiger partial charge in [-0.25, -0.2) is 5.43 Å². The van der Waals surface area contributed by atoms with Crippen molar-refractivity contribution >= 4 is 34.3 Å². The number of carbonyl (C=O) groups is 1. The van der Waals surface area contributed by atoms with E-state index >= 15 is 0 Å². The summed E-state index contributed by atoms with van der Waals surface area (Å²) in [5.41, 5.74) is 2.98. The van der Waals surface area contributed by atoms with Crippen molar-refractivity contribution in [1.29, 1.82) is 0 Å². The van der Waals surface area contributed by atoms with Gasteiger partial charge in [-0.05, 0) is 40.3 Å². The molecule has 3 aromatic carbocycles. The van der Waals surface area contributed by atoms with E-state index < -0.39 is 16.4 Å². The van der Waals surface area contributed by atoms with Crippen LogP contribution in [0.4, 0.5) is 11.4 Å². The molecule has 0 bridgehead atoms. The molecule has 0 heterocycles. The topological polar surface area (TPSA) is 120 Å². The maximum absolute atomic E-state index is 11.8. The first-order valence-electron chi connectivity index (χ1n) is 8.03. The minimum Gasteiger partial charge on any atom is -0.868 e. The maximum atomic E-state index is 11.8. The van der Waals surface area contributed by atoms with E-state index in [1.807, 2.05) is 42.5 Å². The third-order valence-electron chi connectivity index (χ3n) is 3.79. The largest absolute Gasteiger partial charge is 0.868 e. The second-order valence-corrected chi connectivity index (χ2v) is 5.69. The van der Waals surface area contributed by atoms with Crippen molar-refractivity contribution in [2.24, 2.45) is 5.10 Å². The molecule has 136 valence electrons. The highest BCUT2D eigenvalue weighted by Gasteiger charge is 2.06. The molecular formula is C19H15N4O4-. The van der Waals surface area contributed by atoms with Crippen molar-refractivity contribution in [3.05, 3.63) is 76.3 Å². The molecule has 3 rings (SSSR count). The van der Waals surface area contributed by atoms with Gasteiger partial charge in [-0.2, -0.15) is 5.10 Å². The van der Waals surface area contributed by atoms with Gasteiger partial charge >= 0.3 is 0 Å². The number of hydrazone groups is 1. The Bertz CT molecular complexity index is 1030. The molecular weight excluding hydrogens is 348 g/mol. The molecule has 0 saturated carbocycles. The van der Waals surface area contributed by atoms with E-state index in [9.17, 15) is 20.0 Å². The summed E-state index contributed by atoms with van der Waals surface area (Å²) >= 11 is 0. The van der Waals surface area contributed by atoms with E-state index in [-0.39, 0.29) is 12.5 Å². The number of anilines is 1. The Morgan fingerprint density at radius 1 is 1.07 bits per heavy atom. The summed E-state index contributed by atoms with van der Waals surface area (Å²) < 4.78 is 0. The summed E-state index contributed by atoms with van der Waals surface area (Å²) in [7, 11) is 0. The SMILES string of the molecule is O=C(CNc1ccc2ccccc2c1)N/N=C\c1ccc([N+](=O)[O-])c([O-])c1. The van der Waals surface area contributed by atoms with Crippen LogP contribution in [0.2, 0.25) is 0 Å². The van der Waals surface area contributed by atoms with E-state index in [1.54, 1.807) is 0 Å². The van der Waals surface area contributed by atoms with Crippen LogP contribution < -0.4 is 15.8 Å². The molecule has 3 aromatic rings. The molecule has 0 aliphatic carbocycles. The molecule has 0 atom stereocenters. The standard InChI is InChI=1S/C19H16N4O4/c24-18-9-13(5-8-17(18)23(26)27)11-21-22-19(25)12-20-16-7-6-14-3-1-2-4-15(14)10-16/h1-11,20,24H,12H2,(H,22,25)/p-1/b21-11-. The Labute approximate surface area is 154 Å². The third-order valence-corrected chi connectivity index (χ3v) is 3.79. The van der Waals surface area contributed by atoms with Crippen molar-refractivity contribution < 1.29 is 14.8 Å². The highest BCUT2D eigenvalue weighted by Crippen LogP contribution is 2.22. The fraction of sp³-hybridized carbons (Fsp3) is 0.0526. The predicted octanol–water partition coefficient (Wildman–Crippen LogP) is 2.38. The van der Waals surface area contributed by atoms with Gasteiger partial charge in [-0.1, -0.05) is 36.4 Å². The van der Waals surface area contributed by atoms with Gasteiger partial charge in [0, 0.05) is 11.8 Å². The fourth-order valence-electron chi connectivity index (χ4n) is 2.46. The molecule has 0 unspecified atom stereocenters. The number of hydrogen-bond donors (Lipinski definition) is 2. The monoisotopic (exact) mass is 363 g/mol. The molecule has 2 N–H and O–H groups in total. The lowest BCUT2D eigenvalue weighted by Crippen LogP contribution is -2.25. The summed E-state index contributed by atoms with van der Waals surface area (Å²) in [5, 5.41) is 31.1. The van der Waals surface area contributed by atoms with Crippen molar-refractivity contribution in [3.63, 3.8) is 0 Å². The Hall–Kier alpha value is -3.94. The quantitative estimate of drug-likeness (QED) is 0.396. The number of nitro groups is 1. The van der Waals surface area contributed by atoms with E-state index in [0.717, 1.165) is 28.6 Å². The molecule has 8 nitrogen and oxygen atoms in total. The lowest BCUT2D eigenvalue weighted by atomic mass is 10.1. The van der Waals surface area contributed by atoms with Gasteiger partial charge < -0.3 is 10.4 Å². The summed E-state index contributed by atoms with van der Waals surface area (Å²) in [5.74, 6) is -1.09. The number of benzene rings is 3. The highest BCUT2D eigenvalue weighted by molar-refractivity contribution is 5.87. The van der Waals surface area contributed by atoms with Crippen molar-refractivity contribution in [2.45, 2.75) is 0 Å². The summed E-state index contributed by atoms with van der Waals surface area (Å²) in [4.78, 5) is 21.7. The number of nitrogens with one attached hydrogen (secondary N) is 2. The number of rotatable bonds is 6. The smallest absolute Gasteiger partial charge is 0.261 e. The van der Waals surface area contributed by atoms with E-state index in [2.05, 4.69) is 15.8 Å². The molecule has 0 aliphatic heterocycles. The van der Waals surface area contributed by atoms with Crippen LogP contribution in [-0.2, 0) is 4.79 Å². The molecule has 0 aliphatic rings. The molecule has 0 radical (unpaired) electrons. The van der Waals surface area contributed by atoms with Gasteiger partial charge in [0.2, 0.25) is 0 Å². The number of nitro benzene ring substituents is 1. The molecule has 0 aromatic heterocycles. The van der Waals surface area contributed by atoms with Crippen LogP contribution in [0.3, 0.4) is 0 Å². The van der Waals surface area contributed by atoms with Crippen LogP contribution in [0.15, 0.2) is 65.8 Å². The van der Waals surface area contributed by atoms with Crippen LogP contribution in [0.1, 0.15) is 5.56 Å². The van der Waals surface area contributed by atoms with E-state index in [1.165, 1.54) is 12.3 Å². The van der Waals surface area contributed by atoms with Gasteiger partial charge in [-0.3, -0.25) is 14.9 Å². The van der Waals surface area contributed by atoms with Crippen molar-refractivity contribution in [3.8, 4) is 5.75 Å². The zero-order valence-corrected chi connectivity index (χ0v) is 14.1. The Kier molecular flexibility index (Phi) is 5.27. The number of hydrogen-bond acceptors (Lipinski definition) is 6. The summed E-state index contributed by atoms with van der Waals surface area (Å²) in [6.07, 6.45) is 1.25. The Morgan fingerprint density at radius 2 is 1.85 bits per heavy atom. The first-order chi connectivity index (χ1) is 13.0. The second kappa shape index (κ2) is 7.96. The minimum absolute atomic E-state index is 0.0166. The van der Waals surface area contributed by atoms with Gasteiger partial charge in [0.15, 0.2) is 0 Å². The van der Waals surface area contributed by atoms with E-state index in [0.29, 0.717) is 5.56 Å². The van der Waals surface area contributed by atoms with Crippen LogP contribution in [0, 0.1) is 10.1 Å². The van der Waals surface area contributed by atoms with E-state index in [4.69, 9.17) is 0 Å². The predicted molar refractivity (Wildman–Crippen MR) is 101 cm³/mol. The minimum atomic E-state index is -0.747. The van der Waals surface area contributed by atoms with Gasteiger partial charge in [0.25, 0.3) is 11.6 Å². The Morgan fingerprint density at radius 3 is 2.59 bits per heavy atom. The number of amides is 1. The average Bonchev–Trinajstić information content (AvgIpc) is 2.66. The molecule has 0 spiro atoms. The lowest BCUT2D eigenvalue weighted by molar-refractivity contribution is -0.398. The molecule has 1 amide bonds. The normalized spacial score (nSPS) is 10.8. The van der Waals surface area contributed by atoms with Crippen LogP contribution in [0.25, 0.3) is 10.8 Å². The zero-order valence-electron chi connectivity index (χ0n) is 14.1. The highest BCUT2D eigenvalue weighted by atomic mass is 16.6. The van der Waals surface area contributed by atoms with Crippen LogP contribution in [-0.4, -0.2) is 23.6 Å². The third kappa shape index (κ3) is 4.57. The molecule has 27 heavy (non-hydrogen) atoms. The zero-order chi connectivity index (χ0) is 19.2. The average molecular weight is 363 g/mol. The molecule has 0 saturated heterocycles. The number of fused-ring (bicyclic) bond motifs is 1. The molecule has 0 fully saturated rings. The van der Waals surface area contributed by atoms with Gasteiger partial charge in [0.05, 0.1) is 17.7 Å². The maximum Gasteiger partial charge on any atom is 0.261 e. The fourth-order valence-corrected chi connectivity index (χ4v) is 2.46. The summed E-state index contributed by atoms with van der Waals surface area (Å²) in [6.45, 7) is 0.0166.